The number of nitrogens with zero attached hydrogens (tertiary/aromatic N) is 7. The minimum atomic E-state index is 0.249. The molecule has 0 aromatic carbocycles. The minimum absolute atomic E-state index is 0.249. The normalized spacial score (nSPS) is 26.5. The number of hydrogen-bond acceptors (Lipinski definition) is 5. The van der Waals surface area contributed by atoms with Crippen molar-refractivity contribution in [3.05, 3.63) is 29.6 Å². The van der Waals surface area contributed by atoms with E-state index in [9.17, 15) is 4.79 Å². The van der Waals surface area contributed by atoms with Crippen molar-refractivity contribution in [3.63, 3.8) is 0 Å². The maximum absolute atomic E-state index is 12.9. The molecule has 0 unspecified atom stereocenters. The van der Waals surface area contributed by atoms with Crippen LogP contribution < -0.4 is 0 Å². The van der Waals surface area contributed by atoms with Crippen molar-refractivity contribution >= 4 is 6.03 Å². The summed E-state index contributed by atoms with van der Waals surface area (Å²) in [6.07, 6.45) is 6.62. The van der Waals surface area contributed by atoms with Crippen LogP contribution in [-0.2, 0) is 13.6 Å². The van der Waals surface area contributed by atoms with Gasteiger partial charge in [0.05, 0.1) is 5.69 Å². The Morgan fingerprint density at radius 3 is 2.42 bits per heavy atom. The van der Waals surface area contributed by atoms with Crippen molar-refractivity contribution in [3.8, 4) is 0 Å². The number of H-pyrrole nitrogens is 1. The summed E-state index contributed by atoms with van der Waals surface area (Å²) < 4.78 is 1.94. The molecule has 2 spiro atoms. The lowest BCUT2D eigenvalue weighted by Crippen LogP contribution is -2.75. The van der Waals surface area contributed by atoms with E-state index in [0.717, 1.165) is 70.3 Å². The molecule has 5 heterocycles. The summed E-state index contributed by atoms with van der Waals surface area (Å²) in [5.74, 6) is 3.20. The van der Waals surface area contributed by atoms with E-state index in [-0.39, 0.29) is 6.03 Å². The summed E-state index contributed by atoms with van der Waals surface area (Å²) in [5.41, 5.74) is 1.92. The van der Waals surface area contributed by atoms with Crippen LogP contribution in [0.3, 0.4) is 0 Å². The Labute approximate surface area is 181 Å². The van der Waals surface area contributed by atoms with Gasteiger partial charge in [-0.05, 0) is 31.7 Å². The van der Waals surface area contributed by atoms with Crippen LogP contribution in [0.5, 0.6) is 0 Å². The predicted octanol–water partition coefficient (Wildman–Crippen LogP) is 1.53. The first-order valence-corrected chi connectivity index (χ1v) is 11.7. The molecule has 9 heteroatoms. The van der Waals surface area contributed by atoms with Gasteiger partial charge >= 0.3 is 6.03 Å². The summed E-state index contributed by atoms with van der Waals surface area (Å²) in [6, 6.07) is 2.33. The zero-order chi connectivity index (χ0) is 20.8. The highest BCUT2D eigenvalue weighted by Crippen LogP contribution is 2.56. The van der Waals surface area contributed by atoms with Crippen LogP contribution in [0.4, 0.5) is 4.79 Å². The van der Waals surface area contributed by atoms with Crippen LogP contribution in [0, 0.1) is 10.8 Å². The van der Waals surface area contributed by atoms with Gasteiger partial charge in [0.25, 0.3) is 0 Å². The van der Waals surface area contributed by atoms with Gasteiger partial charge in [-0.25, -0.2) is 9.78 Å². The molecule has 2 aliphatic carbocycles. The van der Waals surface area contributed by atoms with Crippen LogP contribution in [-0.4, -0.2) is 85.0 Å². The van der Waals surface area contributed by atoms with Crippen molar-refractivity contribution in [2.75, 3.05) is 39.3 Å². The molecule has 0 bridgehead atoms. The van der Waals surface area contributed by atoms with Gasteiger partial charge in [0.15, 0.2) is 5.82 Å². The Hall–Kier alpha value is -2.42. The zero-order valence-corrected chi connectivity index (χ0v) is 18.1. The first-order valence-electron chi connectivity index (χ1n) is 11.7. The van der Waals surface area contributed by atoms with Gasteiger partial charge in [-0.1, -0.05) is 0 Å². The molecule has 5 fully saturated rings. The highest BCUT2D eigenvalue weighted by molar-refractivity contribution is 5.77. The fourth-order valence-corrected chi connectivity index (χ4v) is 6.43. The summed E-state index contributed by atoms with van der Waals surface area (Å²) in [5, 5.41) is 11.8. The monoisotopic (exact) mass is 422 g/mol. The number of aromatic amines is 1. The van der Waals surface area contributed by atoms with Crippen molar-refractivity contribution in [2.24, 2.45) is 17.9 Å². The molecule has 3 aliphatic heterocycles. The molecular formula is C22H30N8O. The fourth-order valence-electron chi connectivity index (χ4n) is 6.43. The molecular weight excluding hydrogens is 392 g/mol. The van der Waals surface area contributed by atoms with E-state index < -0.39 is 0 Å². The largest absolute Gasteiger partial charge is 0.323 e. The smallest absolute Gasteiger partial charge is 0.320 e. The van der Waals surface area contributed by atoms with E-state index in [4.69, 9.17) is 4.98 Å². The maximum Gasteiger partial charge on any atom is 0.320 e. The van der Waals surface area contributed by atoms with Gasteiger partial charge < -0.3 is 9.80 Å². The summed E-state index contributed by atoms with van der Waals surface area (Å²) in [4.78, 5) is 24.2. The van der Waals surface area contributed by atoms with E-state index in [1.165, 1.54) is 18.5 Å². The molecule has 164 valence electrons. The van der Waals surface area contributed by atoms with E-state index in [1.807, 2.05) is 17.9 Å². The molecule has 2 saturated carbocycles. The molecule has 0 atom stereocenters. The SMILES string of the molecule is Cn1nccc1CN1CC2(C1)CN(C(=O)N1CC3(CC(c4n[nH]c(C5CC5)n4)C3)C1)C2. The van der Waals surface area contributed by atoms with Gasteiger partial charge in [0.1, 0.15) is 5.82 Å². The summed E-state index contributed by atoms with van der Waals surface area (Å²) >= 11 is 0. The number of urea groups is 1. The number of carbonyl (C=O) groups is 1. The lowest BCUT2D eigenvalue weighted by Gasteiger charge is -2.63. The molecule has 2 amide bonds. The molecule has 1 N–H and O–H groups in total. The topological polar surface area (TPSA) is 86.2 Å². The average molecular weight is 423 g/mol. The Morgan fingerprint density at radius 2 is 1.77 bits per heavy atom. The maximum atomic E-state index is 12.9. The molecule has 2 aromatic rings. The highest BCUT2D eigenvalue weighted by Gasteiger charge is 2.58. The highest BCUT2D eigenvalue weighted by atomic mass is 16.2. The molecule has 7 rings (SSSR count). The van der Waals surface area contributed by atoms with E-state index >= 15 is 0 Å². The second kappa shape index (κ2) is 6.09. The number of likely N-dealkylation sites (tertiary alicyclic amines) is 3. The summed E-state index contributed by atoms with van der Waals surface area (Å²) in [7, 11) is 2.00. The third-order valence-corrected chi connectivity index (χ3v) is 8.28. The first kappa shape index (κ1) is 18.2. The number of aromatic nitrogens is 5. The van der Waals surface area contributed by atoms with Crippen LogP contribution in [0.15, 0.2) is 12.3 Å². The van der Waals surface area contributed by atoms with Gasteiger partial charge in [0, 0.05) is 81.7 Å². The van der Waals surface area contributed by atoms with Crippen LogP contribution in [0.25, 0.3) is 0 Å². The standard InChI is InChI=1S/C22H30N8O/c1-27-17(4-5-23-27)8-28-9-22(10-28)13-30(14-22)20(31)29-11-21(12-29)6-16(7-21)19-24-18(25-26-19)15-2-3-15/h4-5,15-16H,2-3,6-14H2,1H3,(H,24,25,26). The van der Waals surface area contributed by atoms with Crippen LogP contribution in [0.2, 0.25) is 0 Å². The zero-order valence-electron chi connectivity index (χ0n) is 18.1. The third-order valence-electron chi connectivity index (χ3n) is 8.28. The summed E-state index contributed by atoms with van der Waals surface area (Å²) in [6.45, 7) is 6.80. The third kappa shape index (κ3) is 2.85. The van der Waals surface area contributed by atoms with Crippen molar-refractivity contribution < 1.29 is 4.79 Å². The van der Waals surface area contributed by atoms with Crippen LogP contribution in [0.1, 0.15) is 54.9 Å². The lowest BCUT2D eigenvalue weighted by atomic mass is 9.57. The number of amides is 2. The number of nitrogens with one attached hydrogen (secondary N) is 1. The molecule has 3 saturated heterocycles. The van der Waals surface area contributed by atoms with E-state index in [1.54, 1.807) is 0 Å². The number of aryl methyl sites for hydroxylation is 1. The lowest BCUT2D eigenvalue weighted by molar-refractivity contribution is -0.117. The van der Waals surface area contributed by atoms with Gasteiger partial charge in [-0.2, -0.15) is 10.2 Å². The Morgan fingerprint density at radius 1 is 1.06 bits per heavy atom. The van der Waals surface area contributed by atoms with E-state index in [0.29, 0.717) is 22.7 Å². The van der Waals surface area contributed by atoms with Gasteiger partial charge in [-0.3, -0.25) is 14.7 Å². The first-order chi connectivity index (χ1) is 15.0. The van der Waals surface area contributed by atoms with Crippen molar-refractivity contribution in [1.29, 1.82) is 0 Å². The quantitative estimate of drug-likeness (QED) is 0.808. The number of rotatable bonds is 4. The van der Waals surface area contributed by atoms with Gasteiger partial charge in [0.2, 0.25) is 0 Å². The second-order valence-corrected chi connectivity index (χ2v) is 11.0. The molecule has 31 heavy (non-hydrogen) atoms. The number of carbonyl (C=O) groups excluding carboxylic acids is 1. The van der Waals surface area contributed by atoms with Crippen LogP contribution >= 0.6 is 0 Å². The number of hydrogen-bond donors (Lipinski definition) is 1. The van der Waals surface area contributed by atoms with Gasteiger partial charge in [-0.15, -0.1) is 0 Å². The van der Waals surface area contributed by atoms with E-state index in [2.05, 4.69) is 36.1 Å². The van der Waals surface area contributed by atoms with Crippen molar-refractivity contribution in [2.45, 2.75) is 44.1 Å². The molecule has 5 aliphatic rings. The second-order valence-electron chi connectivity index (χ2n) is 11.0. The molecule has 0 radical (unpaired) electrons. The fraction of sp³-hybridized carbons (Fsp3) is 0.727. The minimum Gasteiger partial charge on any atom is -0.323 e. The molecule has 2 aromatic heterocycles. The molecule has 9 nitrogen and oxygen atoms in total. The Bertz CT molecular complexity index is 1010. The Kier molecular flexibility index (Phi) is 3.57. The average Bonchev–Trinajstić information content (AvgIpc) is 3.22. The van der Waals surface area contributed by atoms with Crippen molar-refractivity contribution in [1.82, 2.24) is 39.7 Å². The Balaban J connectivity index is 0.861. The predicted molar refractivity (Wildman–Crippen MR) is 112 cm³/mol.